The van der Waals surface area contributed by atoms with E-state index in [0.717, 1.165) is 16.5 Å². The smallest absolute Gasteiger partial charge is 0.203 e. The van der Waals surface area contributed by atoms with Gasteiger partial charge in [-0.3, -0.25) is 0 Å². The number of nitrogen functional groups attached to an aromatic ring is 1. The van der Waals surface area contributed by atoms with Crippen molar-refractivity contribution >= 4 is 28.2 Å². The molecule has 78 valence electrons. The maximum absolute atomic E-state index is 5.69. The molecule has 2 atom stereocenters. The molecule has 1 aliphatic rings. The number of aromatic nitrogens is 2. The molecule has 1 aromatic rings. The molecule has 0 aliphatic carbocycles. The summed E-state index contributed by atoms with van der Waals surface area (Å²) in [5.74, 6) is 0.957. The third kappa shape index (κ3) is 2.59. The molecule has 0 bridgehead atoms. The summed E-state index contributed by atoms with van der Waals surface area (Å²) in [5, 5.41) is 8.24. The Labute approximate surface area is 91.2 Å². The summed E-state index contributed by atoms with van der Waals surface area (Å²) in [4.78, 5) is 0. The Hall–Kier alpha value is -0.330. The van der Waals surface area contributed by atoms with E-state index >= 15 is 0 Å². The third-order valence-corrected chi connectivity index (χ3v) is 4.15. The van der Waals surface area contributed by atoms with E-state index in [4.69, 9.17) is 10.5 Å². The van der Waals surface area contributed by atoms with Crippen molar-refractivity contribution in [3.63, 3.8) is 0 Å². The summed E-state index contributed by atoms with van der Waals surface area (Å²) in [5.41, 5.74) is 5.48. The molecular formula is C8H13N3OS2. The van der Waals surface area contributed by atoms with Gasteiger partial charge in [0.15, 0.2) is 4.34 Å². The Morgan fingerprint density at radius 3 is 3.00 bits per heavy atom. The van der Waals surface area contributed by atoms with Crippen LogP contribution in [0.1, 0.15) is 19.8 Å². The first kappa shape index (κ1) is 10.2. The fourth-order valence-corrected chi connectivity index (χ4v) is 3.16. The second kappa shape index (κ2) is 4.46. The zero-order chi connectivity index (χ0) is 9.97. The molecule has 0 spiro atoms. The van der Waals surface area contributed by atoms with Crippen molar-refractivity contribution in [1.82, 2.24) is 10.2 Å². The van der Waals surface area contributed by atoms with Crippen molar-refractivity contribution in [2.24, 2.45) is 0 Å². The van der Waals surface area contributed by atoms with Crippen LogP contribution in [0.15, 0.2) is 4.34 Å². The Balaban J connectivity index is 1.77. The quantitative estimate of drug-likeness (QED) is 0.803. The maximum Gasteiger partial charge on any atom is 0.203 e. The standard InChI is InChI=1S/C8H13N3OS2/c1-5-2-3-6(12-5)4-13-8-11-10-7(9)14-8/h5-6H,2-4H2,1H3,(H2,9,10)/t5-,6+/m0/s1. The van der Waals surface area contributed by atoms with Crippen LogP contribution in [0.5, 0.6) is 0 Å². The van der Waals surface area contributed by atoms with Crippen molar-refractivity contribution in [2.45, 2.75) is 36.3 Å². The van der Waals surface area contributed by atoms with Gasteiger partial charge in [0, 0.05) is 5.75 Å². The van der Waals surface area contributed by atoms with Gasteiger partial charge < -0.3 is 10.5 Å². The lowest BCUT2D eigenvalue weighted by Crippen LogP contribution is -2.10. The van der Waals surface area contributed by atoms with E-state index < -0.39 is 0 Å². The lowest BCUT2D eigenvalue weighted by molar-refractivity contribution is 0.0700. The highest BCUT2D eigenvalue weighted by atomic mass is 32.2. The van der Waals surface area contributed by atoms with Gasteiger partial charge in [0.1, 0.15) is 0 Å². The molecule has 2 N–H and O–H groups in total. The molecule has 2 rings (SSSR count). The van der Waals surface area contributed by atoms with Crippen LogP contribution >= 0.6 is 23.1 Å². The van der Waals surface area contributed by atoms with E-state index in [1.165, 1.54) is 17.8 Å². The van der Waals surface area contributed by atoms with Gasteiger partial charge in [-0.2, -0.15) is 0 Å². The van der Waals surface area contributed by atoms with Crippen LogP contribution in [-0.4, -0.2) is 28.2 Å². The molecule has 1 aromatic heterocycles. The summed E-state index contributed by atoms with van der Waals surface area (Å²) < 4.78 is 6.63. The predicted octanol–water partition coefficient (Wildman–Crippen LogP) is 1.78. The van der Waals surface area contributed by atoms with Gasteiger partial charge in [-0.15, -0.1) is 10.2 Å². The molecule has 0 aromatic carbocycles. The van der Waals surface area contributed by atoms with Gasteiger partial charge >= 0.3 is 0 Å². The first-order chi connectivity index (χ1) is 6.74. The highest BCUT2D eigenvalue weighted by Crippen LogP contribution is 2.28. The monoisotopic (exact) mass is 231 g/mol. The zero-order valence-corrected chi connectivity index (χ0v) is 9.61. The van der Waals surface area contributed by atoms with E-state index in [2.05, 4.69) is 17.1 Å². The van der Waals surface area contributed by atoms with E-state index in [0.29, 0.717) is 17.3 Å². The van der Waals surface area contributed by atoms with Gasteiger partial charge in [-0.05, 0) is 19.8 Å². The fourth-order valence-electron chi connectivity index (χ4n) is 1.45. The van der Waals surface area contributed by atoms with Gasteiger partial charge in [-0.1, -0.05) is 23.1 Å². The molecule has 1 saturated heterocycles. The molecule has 2 heterocycles. The molecule has 1 aliphatic heterocycles. The summed E-state index contributed by atoms with van der Waals surface area (Å²) in [7, 11) is 0. The van der Waals surface area contributed by atoms with Crippen molar-refractivity contribution in [3.8, 4) is 0 Å². The molecule has 1 fully saturated rings. The number of hydrogen-bond donors (Lipinski definition) is 1. The van der Waals surface area contributed by atoms with Crippen molar-refractivity contribution < 1.29 is 4.74 Å². The second-order valence-corrected chi connectivity index (χ2v) is 5.64. The van der Waals surface area contributed by atoms with Crippen molar-refractivity contribution in [1.29, 1.82) is 0 Å². The Kier molecular flexibility index (Phi) is 3.25. The van der Waals surface area contributed by atoms with Crippen LogP contribution in [0.3, 0.4) is 0 Å². The highest BCUT2D eigenvalue weighted by molar-refractivity contribution is 8.01. The molecule has 4 nitrogen and oxygen atoms in total. The molecule has 6 heteroatoms. The Morgan fingerprint density at radius 1 is 1.57 bits per heavy atom. The van der Waals surface area contributed by atoms with Crippen LogP contribution in [0.4, 0.5) is 5.13 Å². The topological polar surface area (TPSA) is 61.0 Å². The molecule has 0 radical (unpaired) electrons. The fraction of sp³-hybridized carbons (Fsp3) is 0.750. The number of nitrogens with zero attached hydrogens (tertiary/aromatic N) is 2. The molecule has 0 amide bonds. The minimum absolute atomic E-state index is 0.375. The maximum atomic E-state index is 5.69. The Bertz CT molecular complexity index is 305. The van der Waals surface area contributed by atoms with Crippen LogP contribution in [0, 0.1) is 0 Å². The zero-order valence-electron chi connectivity index (χ0n) is 7.97. The molecule has 0 saturated carbocycles. The van der Waals surface area contributed by atoms with E-state index in [-0.39, 0.29) is 0 Å². The second-order valence-electron chi connectivity index (χ2n) is 3.36. The number of hydrogen-bond acceptors (Lipinski definition) is 6. The van der Waals surface area contributed by atoms with Crippen molar-refractivity contribution in [2.75, 3.05) is 11.5 Å². The normalized spacial score (nSPS) is 26.9. The lowest BCUT2D eigenvalue weighted by Gasteiger charge is -2.08. The van der Waals surface area contributed by atoms with Crippen LogP contribution in [0.25, 0.3) is 0 Å². The summed E-state index contributed by atoms with van der Waals surface area (Å²) in [6, 6.07) is 0. The third-order valence-electron chi connectivity index (χ3n) is 2.13. The van der Waals surface area contributed by atoms with Crippen LogP contribution in [0.2, 0.25) is 0 Å². The van der Waals surface area contributed by atoms with Gasteiger partial charge in [0.2, 0.25) is 5.13 Å². The molecule has 14 heavy (non-hydrogen) atoms. The SMILES string of the molecule is C[C@H]1CC[C@H](CSc2nnc(N)s2)O1. The Morgan fingerprint density at radius 2 is 2.43 bits per heavy atom. The van der Waals surface area contributed by atoms with Gasteiger partial charge in [-0.25, -0.2) is 0 Å². The number of ether oxygens (including phenoxy) is 1. The number of rotatable bonds is 3. The minimum Gasteiger partial charge on any atom is -0.374 e. The predicted molar refractivity (Wildman–Crippen MR) is 58.6 cm³/mol. The van der Waals surface area contributed by atoms with Crippen LogP contribution < -0.4 is 5.73 Å². The van der Waals surface area contributed by atoms with Gasteiger partial charge in [0.05, 0.1) is 12.2 Å². The largest absolute Gasteiger partial charge is 0.374 e. The number of thioether (sulfide) groups is 1. The summed E-state index contributed by atoms with van der Waals surface area (Å²) >= 11 is 3.12. The summed E-state index contributed by atoms with van der Waals surface area (Å²) in [6.45, 7) is 2.12. The van der Waals surface area contributed by atoms with Crippen LogP contribution in [-0.2, 0) is 4.74 Å². The first-order valence-electron chi connectivity index (χ1n) is 4.61. The number of nitrogens with two attached hydrogens (primary N) is 1. The first-order valence-corrected chi connectivity index (χ1v) is 6.41. The molecule has 0 unspecified atom stereocenters. The number of anilines is 1. The van der Waals surface area contributed by atoms with Gasteiger partial charge in [0.25, 0.3) is 0 Å². The summed E-state index contributed by atoms with van der Waals surface area (Å²) in [6.07, 6.45) is 3.12. The van der Waals surface area contributed by atoms with E-state index in [1.807, 2.05) is 0 Å². The molecular weight excluding hydrogens is 218 g/mol. The van der Waals surface area contributed by atoms with E-state index in [1.54, 1.807) is 11.8 Å². The van der Waals surface area contributed by atoms with E-state index in [9.17, 15) is 0 Å². The lowest BCUT2D eigenvalue weighted by atomic mass is 10.2. The minimum atomic E-state index is 0.375. The highest BCUT2D eigenvalue weighted by Gasteiger charge is 2.22. The van der Waals surface area contributed by atoms with Crippen molar-refractivity contribution in [3.05, 3.63) is 0 Å². The average molecular weight is 231 g/mol. The average Bonchev–Trinajstić information content (AvgIpc) is 2.72.